The maximum Gasteiger partial charge on any atom is 0.0719 e. The van der Waals surface area contributed by atoms with Crippen molar-refractivity contribution in [3.05, 3.63) is 12.4 Å². The Hall–Kier alpha value is -1.03. The number of rotatable bonds is 5. The molecule has 19 heavy (non-hydrogen) atoms. The summed E-state index contributed by atoms with van der Waals surface area (Å²) in [6.45, 7) is 8.46. The van der Waals surface area contributed by atoms with Crippen LogP contribution in [0.25, 0.3) is 0 Å². The Labute approximate surface area is 116 Å². The minimum Gasteiger partial charge on any atom is -0.396 e. The Bertz CT molecular complexity index is 388. The van der Waals surface area contributed by atoms with Gasteiger partial charge in [0.1, 0.15) is 0 Å². The van der Waals surface area contributed by atoms with Crippen molar-refractivity contribution in [1.82, 2.24) is 9.78 Å². The molecule has 1 fully saturated rings. The van der Waals surface area contributed by atoms with Gasteiger partial charge in [0.15, 0.2) is 0 Å². The molecule has 0 amide bonds. The van der Waals surface area contributed by atoms with E-state index in [1.807, 2.05) is 10.9 Å². The maximum atomic E-state index is 6.14. The number of nitrogen functional groups attached to an aromatic ring is 1. The summed E-state index contributed by atoms with van der Waals surface area (Å²) in [6.07, 6.45) is 7.80. The smallest absolute Gasteiger partial charge is 0.0719 e. The highest BCUT2D eigenvalue weighted by Gasteiger charge is 2.31. The van der Waals surface area contributed by atoms with Crippen molar-refractivity contribution in [2.75, 3.05) is 12.3 Å². The second-order valence-corrected chi connectivity index (χ2v) is 6.27. The SMILES string of the molecule is CC1CCC(C(C)C)C(OCCn2cc(N)cn2)C1. The van der Waals surface area contributed by atoms with Gasteiger partial charge in [-0.1, -0.05) is 27.2 Å². The van der Waals surface area contributed by atoms with E-state index in [-0.39, 0.29) is 0 Å². The van der Waals surface area contributed by atoms with Crippen molar-refractivity contribution >= 4 is 5.69 Å². The monoisotopic (exact) mass is 265 g/mol. The van der Waals surface area contributed by atoms with Crippen LogP contribution >= 0.6 is 0 Å². The van der Waals surface area contributed by atoms with Crippen molar-refractivity contribution in [3.8, 4) is 0 Å². The highest BCUT2D eigenvalue weighted by Crippen LogP contribution is 2.35. The van der Waals surface area contributed by atoms with Crippen LogP contribution in [0.3, 0.4) is 0 Å². The first-order valence-electron chi connectivity index (χ1n) is 7.45. The summed E-state index contributed by atoms with van der Waals surface area (Å²) < 4.78 is 7.99. The molecule has 2 N–H and O–H groups in total. The van der Waals surface area contributed by atoms with Gasteiger partial charge in [-0.3, -0.25) is 4.68 Å². The van der Waals surface area contributed by atoms with E-state index in [4.69, 9.17) is 10.5 Å². The zero-order valence-electron chi connectivity index (χ0n) is 12.4. The van der Waals surface area contributed by atoms with Gasteiger partial charge < -0.3 is 10.5 Å². The lowest BCUT2D eigenvalue weighted by Gasteiger charge is -2.37. The predicted molar refractivity (Wildman–Crippen MR) is 77.7 cm³/mol. The Balaban J connectivity index is 1.82. The molecule has 4 nitrogen and oxygen atoms in total. The van der Waals surface area contributed by atoms with Gasteiger partial charge in [0.25, 0.3) is 0 Å². The third-order valence-electron chi connectivity index (χ3n) is 4.27. The van der Waals surface area contributed by atoms with E-state index in [0.717, 1.165) is 19.1 Å². The third kappa shape index (κ3) is 3.96. The second kappa shape index (κ2) is 6.42. The molecule has 1 aliphatic rings. The number of ether oxygens (including phenoxy) is 1. The molecule has 1 aromatic rings. The Morgan fingerprint density at radius 1 is 1.47 bits per heavy atom. The first-order chi connectivity index (χ1) is 9.06. The predicted octanol–water partition coefficient (Wildman–Crippen LogP) is 2.94. The molecule has 3 unspecified atom stereocenters. The van der Waals surface area contributed by atoms with Gasteiger partial charge >= 0.3 is 0 Å². The van der Waals surface area contributed by atoms with Crippen molar-refractivity contribution in [1.29, 1.82) is 0 Å². The summed E-state index contributed by atoms with van der Waals surface area (Å²) in [5, 5.41) is 4.18. The van der Waals surface area contributed by atoms with Gasteiger partial charge in [-0.05, 0) is 30.6 Å². The fraction of sp³-hybridized carbons (Fsp3) is 0.800. The van der Waals surface area contributed by atoms with Crippen LogP contribution in [0, 0.1) is 17.8 Å². The van der Waals surface area contributed by atoms with Gasteiger partial charge in [0, 0.05) is 6.20 Å². The van der Waals surface area contributed by atoms with E-state index in [0.29, 0.717) is 23.6 Å². The normalized spacial score (nSPS) is 27.9. The Morgan fingerprint density at radius 2 is 2.26 bits per heavy atom. The zero-order valence-corrected chi connectivity index (χ0v) is 12.4. The number of hydrogen-bond donors (Lipinski definition) is 1. The average molecular weight is 265 g/mol. The van der Waals surface area contributed by atoms with Gasteiger partial charge in [-0.25, -0.2) is 0 Å². The fourth-order valence-corrected chi connectivity index (χ4v) is 3.11. The van der Waals surface area contributed by atoms with E-state index in [2.05, 4.69) is 25.9 Å². The quantitative estimate of drug-likeness (QED) is 0.890. The minimum absolute atomic E-state index is 0.414. The number of nitrogens with zero attached hydrogens (tertiary/aromatic N) is 2. The average Bonchev–Trinajstić information content (AvgIpc) is 2.75. The Morgan fingerprint density at radius 3 is 2.89 bits per heavy atom. The molecule has 1 aromatic heterocycles. The number of aromatic nitrogens is 2. The standard InChI is InChI=1S/C15H27N3O/c1-11(2)14-5-4-12(3)8-15(14)19-7-6-18-10-13(16)9-17-18/h9-12,14-15H,4-8,16H2,1-3H3. The molecule has 0 aliphatic heterocycles. The van der Waals surface area contributed by atoms with Crippen LogP contribution in [0.15, 0.2) is 12.4 Å². The molecule has 2 rings (SSSR count). The lowest BCUT2D eigenvalue weighted by atomic mass is 9.75. The molecule has 0 spiro atoms. The van der Waals surface area contributed by atoms with E-state index in [9.17, 15) is 0 Å². The zero-order chi connectivity index (χ0) is 13.8. The van der Waals surface area contributed by atoms with E-state index >= 15 is 0 Å². The van der Waals surface area contributed by atoms with Gasteiger partial charge in [-0.15, -0.1) is 0 Å². The van der Waals surface area contributed by atoms with Crippen LogP contribution in [0.4, 0.5) is 5.69 Å². The fourth-order valence-electron chi connectivity index (χ4n) is 3.11. The van der Waals surface area contributed by atoms with E-state index < -0.39 is 0 Å². The summed E-state index contributed by atoms with van der Waals surface area (Å²) >= 11 is 0. The van der Waals surface area contributed by atoms with Crippen LogP contribution in [0.5, 0.6) is 0 Å². The Kier molecular flexibility index (Phi) is 4.86. The molecule has 4 heteroatoms. The number of nitrogens with two attached hydrogens (primary N) is 1. The highest BCUT2D eigenvalue weighted by molar-refractivity contribution is 5.30. The molecule has 108 valence electrons. The van der Waals surface area contributed by atoms with Crippen molar-refractivity contribution < 1.29 is 4.74 Å². The number of hydrogen-bond acceptors (Lipinski definition) is 3. The van der Waals surface area contributed by atoms with Crippen molar-refractivity contribution in [2.45, 2.75) is 52.7 Å². The van der Waals surface area contributed by atoms with Crippen LogP contribution in [0.2, 0.25) is 0 Å². The van der Waals surface area contributed by atoms with Crippen LogP contribution in [-0.2, 0) is 11.3 Å². The maximum absolute atomic E-state index is 6.14. The van der Waals surface area contributed by atoms with Crippen molar-refractivity contribution in [2.24, 2.45) is 17.8 Å². The van der Waals surface area contributed by atoms with Crippen LogP contribution in [-0.4, -0.2) is 22.5 Å². The molecule has 0 saturated heterocycles. The second-order valence-electron chi connectivity index (χ2n) is 6.27. The van der Waals surface area contributed by atoms with Gasteiger partial charge in [0.2, 0.25) is 0 Å². The summed E-state index contributed by atoms with van der Waals surface area (Å²) in [4.78, 5) is 0. The summed E-state index contributed by atoms with van der Waals surface area (Å²) in [7, 11) is 0. The summed E-state index contributed by atoms with van der Waals surface area (Å²) in [5.74, 6) is 2.21. The molecule has 0 bridgehead atoms. The third-order valence-corrected chi connectivity index (χ3v) is 4.27. The van der Waals surface area contributed by atoms with Crippen molar-refractivity contribution in [3.63, 3.8) is 0 Å². The molecule has 1 aliphatic carbocycles. The first kappa shape index (κ1) is 14.4. The van der Waals surface area contributed by atoms with E-state index in [1.54, 1.807) is 6.20 Å². The largest absolute Gasteiger partial charge is 0.396 e. The highest BCUT2D eigenvalue weighted by atomic mass is 16.5. The van der Waals surface area contributed by atoms with Gasteiger partial charge in [0.05, 0.1) is 31.1 Å². The summed E-state index contributed by atoms with van der Waals surface area (Å²) in [5.41, 5.74) is 6.36. The molecule has 0 aromatic carbocycles. The van der Waals surface area contributed by atoms with E-state index in [1.165, 1.54) is 19.3 Å². The molecule has 1 saturated carbocycles. The topological polar surface area (TPSA) is 53.1 Å². The first-order valence-corrected chi connectivity index (χ1v) is 7.45. The molecule has 1 heterocycles. The number of anilines is 1. The lowest BCUT2D eigenvalue weighted by Crippen LogP contribution is -2.35. The summed E-state index contributed by atoms with van der Waals surface area (Å²) in [6, 6.07) is 0. The molecule has 3 atom stereocenters. The molecular formula is C15H27N3O. The molecule has 0 radical (unpaired) electrons. The van der Waals surface area contributed by atoms with Gasteiger partial charge in [-0.2, -0.15) is 5.10 Å². The van der Waals surface area contributed by atoms with Crippen LogP contribution in [0.1, 0.15) is 40.0 Å². The minimum atomic E-state index is 0.414. The molecular weight excluding hydrogens is 238 g/mol. The van der Waals surface area contributed by atoms with Crippen LogP contribution < -0.4 is 5.73 Å². The lowest BCUT2D eigenvalue weighted by molar-refractivity contribution is -0.0415.